The molecule has 160 valence electrons. The maximum Gasteiger partial charge on any atom is 0.251 e. The fourth-order valence-electron chi connectivity index (χ4n) is 5.27. The standard InChI is InChI=1S/C24H27N5O2/c1-15-9-22(27-24(25)26-15)28-13-17-12-18(14-28)21(29-20(17)7-4-8-23(29)30)11-16-5-3-6-19(10-16)31-2/h3-10,17-18,21H,11-14H2,1-2H3,(H2,25,26,27)/t17-,18+,21+/m1/s1. The van der Waals surface area contributed by atoms with Crippen molar-refractivity contribution in [3.8, 4) is 5.75 Å². The van der Waals surface area contributed by atoms with Crippen LogP contribution in [0.4, 0.5) is 11.8 Å². The van der Waals surface area contributed by atoms with E-state index < -0.39 is 0 Å². The number of aromatic nitrogens is 3. The molecule has 3 atom stereocenters. The lowest BCUT2D eigenvalue weighted by Crippen LogP contribution is -2.50. The van der Waals surface area contributed by atoms with Crippen LogP contribution in [0, 0.1) is 12.8 Å². The van der Waals surface area contributed by atoms with Crippen LogP contribution < -0.4 is 20.9 Å². The summed E-state index contributed by atoms with van der Waals surface area (Å²) in [7, 11) is 1.68. The van der Waals surface area contributed by atoms with E-state index in [0.717, 1.165) is 48.9 Å². The number of methoxy groups -OCH3 is 1. The fourth-order valence-corrected chi connectivity index (χ4v) is 5.27. The van der Waals surface area contributed by atoms with E-state index in [4.69, 9.17) is 10.5 Å². The molecule has 1 fully saturated rings. The Morgan fingerprint density at radius 2 is 1.97 bits per heavy atom. The molecule has 3 aromatic rings. The van der Waals surface area contributed by atoms with Crippen molar-refractivity contribution in [2.75, 3.05) is 30.8 Å². The Balaban J connectivity index is 1.54. The highest BCUT2D eigenvalue weighted by atomic mass is 16.5. The van der Waals surface area contributed by atoms with Gasteiger partial charge in [-0.25, -0.2) is 4.98 Å². The maximum absolute atomic E-state index is 12.9. The molecule has 1 aromatic carbocycles. The van der Waals surface area contributed by atoms with Gasteiger partial charge in [0.25, 0.3) is 5.56 Å². The fraction of sp³-hybridized carbons (Fsp3) is 0.375. The number of aryl methyl sites for hydroxylation is 1. The summed E-state index contributed by atoms with van der Waals surface area (Å²) in [5.41, 5.74) is 9.15. The van der Waals surface area contributed by atoms with Crippen molar-refractivity contribution >= 4 is 11.8 Å². The molecule has 0 saturated carbocycles. The molecule has 0 spiro atoms. The summed E-state index contributed by atoms with van der Waals surface area (Å²) in [5, 5.41) is 0. The maximum atomic E-state index is 12.9. The molecule has 0 unspecified atom stereocenters. The second-order valence-corrected chi connectivity index (χ2v) is 8.61. The number of anilines is 2. The third-order valence-electron chi connectivity index (χ3n) is 6.56. The van der Waals surface area contributed by atoms with Gasteiger partial charge in [0.05, 0.1) is 7.11 Å². The summed E-state index contributed by atoms with van der Waals surface area (Å²) in [6.07, 6.45) is 1.85. The second-order valence-electron chi connectivity index (χ2n) is 8.61. The normalized spacial score (nSPS) is 22.1. The van der Waals surface area contributed by atoms with Crippen LogP contribution in [0.3, 0.4) is 0 Å². The van der Waals surface area contributed by atoms with E-state index in [1.165, 1.54) is 5.56 Å². The van der Waals surface area contributed by atoms with Gasteiger partial charge < -0.3 is 19.9 Å². The van der Waals surface area contributed by atoms with Gasteiger partial charge in [-0.2, -0.15) is 4.98 Å². The summed E-state index contributed by atoms with van der Waals surface area (Å²) in [5.74, 6) is 2.62. The molecule has 2 N–H and O–H groups in total. The summed E-state index contributed by atoms with van der Waals surface area (Å²) >= 11 is 0. The number of fused-ring (bicyclic) bond motifs is 4. The third-order valence-corrected chi connectivity index (χ3v) is 6.56. The topological polar surface area (TPSA) is 86.3 Å². The van der Waals surface area contributed by atoms with Crippen LogP contribution in [0.15, 0.2) is 53.3 Å². The van der Waals surface area contributed by atoms with E-state index >= 15 is 0 Å². The number of nitrogen functional groups attached to an aromatic ring is 1. The third kappa shape index (κ3) is 3.65. The average molecular weight is 418 g/mol. The molecule has 1 saturated heterocycles. The molecule has 31 heavy (non-hydrogen) atoms. The smallest absolute Gasteiger partial charge is 0.251 e. The number of hydrogen-bond acceptors (Lipinski definition) is 6. The Morgan fingerprint density at radius 1 is 1.13 bits per heavy atom. The van der Waals surface area contributed by atoms with Crippen molar-refractivity contribution < 1.29 is 4.74 Å². The molecule has 0 aliphatic carbocycles. The predicted octanol–water partition coefficient (Wildman–Crippen LogP) is 2.95. The van der Waals surface area contributed by atoms with Crippen molar-refractivity contribution in [2.24, 2.45) is 5.92 Å². The number of nitrogens with two attached hydrogens (primary N) is 1. The predicted molar refractivity (Wildman–Crippen MR) is 121 cm³/mol. The first-order valence-electron chi connectivity index (χ1n) is 10.7. The minimum atomic E-state index is 0.0788. The highest BCUT2D eigenvalue weighted by molar-refractivity contribution is 5.45. The number of rotatable bonds is 4. The lowest BCUT2D eigenvalue weighted by Gasteiger charge is -2.47. The monoisotopic (exact) mass is 417 g/mol. The highest BCUT2D eigenvalue weighted by Crippen LogP contribution is 2.43. The zero-order valence-corrected chi connectivity index (χ0v) is 17.9. The quantitative estimate of drug-likeness (QED) is 0.702. The first-order chi connectivity index (χ1) is 15.0. The molecule has 2 aliphatic heterocycles. The molecule has 7 nitrogen and oxygen atoms in total. The van der Waals surface area contributed by atoms with Crippen LogP contribution >= 0.6 is 0 Å². The molecule has 5 rings (SSSR count). The Bertz CT molecular complexity index is 1150. The van der Waals surface area contributed by atoms with E-state index in [1.54, 1.807) is 13.2 Å². The molecule has 4 heterocycles. The molecular formula is C24H27N5O2. The van der Waals surface area contributed by atoms with Crippen molar-refractivity contribution in [1.82, 2.24) is 14.5 Å². The van der Waals surface area contributed by atoms with Crippen LogP contribution in [-0.2, 0) is 6.42 Å². The van der Waals surface area contributed by atoms with Gasteiger partial charge in [0.2, 0.25) is 5.95 Å². The van der Waals surface area contributed by atoms with Gasteiger partial charge in [-0.05, 0) is 49.4 Å². The number of ether oxygens (including phenoxy) is 1. The lowest BCUT2D eigenvalue weighted by molar-refractivity contribution is 0.211. The van der Waals surface area contributed by atoms with E-state index in [1.807, 2.05) is 35.8 Å². The molecule has 0 radical (unpaired) electrons. The molecule has 7 heteroatoms. The molecule has 2 aromatic heterocycles. The van der Waals surface area contributed by atoms with E-state index in [-0.39, 0.29) is 17.5 Å². The van der Waals surface area contributed by atoms with Crippen molar-refractivity contribution in [3.63, 3.8) is 0 Å². The van der Waals surface area contributed by atoms with Gasteiger partial charge in [-0.1, -0.05) is 18.2 Å². The van der Waals surface area contributed by atoms with E-state index in [2.05, 4.69) is 33.1 Å². The zero-order valence-electron chi connectivity index (χ0n) is 17.9. The van der Waals surface area contributed by atoms with Crippen LogP contribution in [0.25, 0.3) is 0 Å². The van der Waals surface area contributed by atoms with Crippen LogP contribution in [0.2, 0.25) is 0 Å². The number of hydrogen-bond donors (Lipinski definition) is 1. The molecular weight excluding hydrogens is 390 g/mol. The Morgan fingerprint density at radius 3 is 2.77 bits per heavy atom. The summed E-state index contributed by atoms with van der Waals surface area (Å²) < 4.78 is 7.45. The van der Waals surface area contributed by atoms with Crippen LogP contribution in [-0.4, -0.2) is 34.7 Å². The first-order valence-corrected chi connectivity index (χ1v) is 10.7. The lowest BCUT2D eigenvalue weighted by atomic mass is 9.76. The van der Waals surface area contributed by atoms with Crippen LogP contribution in [0.1, 0.15) is 35.3 Å². The first kappa shape index (κ1) is 19.6. The minimum absolute atomic E-state index is 0.0788. The summed E-state index contributed by atoms with van der Waals surface area (Å²) in [6.45, 7) is 3.59. The average Bonchev–Trinajstić information content (AvgIpc) is 2.76. The zero-order chi connectivity index (χ0) is 21.5. The number of benzene rings is 1. The van der Waals surface area contributed by atoms with Gasteiger partial charge in [0.15, 0.2) is 0 Å². The number of pyridine rings is 1. The Hall–Kier alpha value is -3.35. The highest BCUT2D eigenvalue weighted by Gasteiger charge is 2.41. The van der Waals surface area contributed by atoms with E-state index in [0.29, 0.717) is 11.9 Å². The van der Waals surface area contributed by atoms with Gasteiger partial charge in [0.1, 0.15) is 11.6 Å². The van der Waals surface area contributed by atoms with Gasteiger partial charge in [-0.15, -0.1) is 0 Å². The van der Waals surface area contributed by atoms with Gasteiger partial charge >= 0.3 is 0 Å². The Labute approximate surface area is 181 Å². The summed E-state index contributed by atoms with van der Waals surface area (Å²) in [4.78, 5) is 24.0. The molecule has 2 bridgehead atoms. The minimum Gasteiger partial charge on any atom is -0.497 e. The number of piperidine rings is 1. The van der Waals surface area contributed by atoms with Crippen molar-refractivity contribution in [1.29, 1.82) is 0 Å². The molecule has 0 amide bonds. The summed E-state index contributed by atoms with van der Waals surface area (Å²) in [6, 6.07) is 15.9. The van der Waals surface area contributed by atoms with Crippen LogP contribution in [0.5, 0.6) is 5.75 Å². The Kier molecular flexibility index (Phi) is 4.88. The van der Waals surface area contributed by atoms with Crippen molar-refractivity contribution in [3.05, 3.63) is 75.8 Å². The molecule has 2 aliphatic rings. The van der Waals surface area contributed by atoms with Gasteiger partial charge in [-0.3, -0.25) is 4.79 Å². The van der Waals surface area contributed by atoms with Crippen molar-refractivity contribution in [2.45, 2.75) is 31.7 Å². The SMILES string of the molecule is COc1cccc(C[C@H]2[C@H]3C[C@H](CN(c4cc(C)nc(N)n4)C3)c3cccc(=O)n32)c1. The second kappa shape index (κ2) is 7.72. The largest absolute Gasteiger partial charge is 0.497 e. The number of nitrogens with zero attached hydrogens (tertiary/aromatic N) is 4. The van der Waals surface area contributed by atoms with Gasteiger partial charge in [0, 0.05) is 48.6 Å². The van der Waals surface area contributed by atoms with E-state index in [9.17, 15) is 4.79 Å².